The van der Waals surface area contributed by atoms with Crippen molar-refractivity contribution < 1.29 is 19.1 Å². The third kappa shape index (κ3) is 5.63. The summed E-state index contributed by atoms with van der Waals surface area (Å²) in [5.74, 6) is 8.02. The van der Waals surface area contributed by atoms with Gasteiger partial charge >= 0.3 is 5.97 Å². The number of likely N-dealkylation sites (tertiary alicyclic amines) is 1. The highest BCUT2D eigenvalue weighted by Gasteiger charge is 2.28. The number of esters is 1. The fourth-order valence-electron chi connectivity index (χ4n) is 5.07. The molecule has 1 unspecified atom stereocenters. The lowest BCUT2D eigenvalue weighted by Gasteiger charge is -2.28. The van der Waals surface area contributed by atoms with Gasteiger partial charge in [-0.2, -0.15) is 0 Å². The van der Waals surface area contributed by atoms with E-state index in [9.17, 15) is 9.59 Å². The first-order chi connectivity index (χ1) is 19.9. The van der Waals surface area contributed by atoms with E-state index in [4.69, 9.17) is 15.2 Å². The summed E-state index contributed by atoms with van der Waals surface area (Å²) in [7, 11) is 1.35. The van der Waals surface area contributed by atoms with Crippen molar-refractivity contribution in [3.63, 3.8) is 0 Å². The highest BCUT2D eigenvalue weighted by molar-refractivity contribution is 6.04. The van der Waals surface area contributed by atoms with Crippen LogP contribution in [-0.2, 0) is 14.3 Å². The molecule has 2 aromatic heterocycles. The van der Waals surface area contributed by atoms with Gasteiger partial charge in [0.15, 0.2) is 0 Å². The van der Waals surface area contributed by atoms with Crippen LogP contribution in [-0.4, -0.2) is 51.5 Å². The predicted molar refractivity (Wildman–Crippen MR) is 157 cm³/mol. The van der Waals surface area contributed by atoms with Gasteiger partial charge in [0.1, 0.15) is 41.0 Å². The molecule has 1 amide bonds. The number of piperidine rings is 1. The summed E-state index contributed by atoms with van der Waals surface area (Å²) in [5, 5.41) is 0.607. The smallest absolute Gasteiger partial charge is 0.328 e. The molecule has 1 atom stereocenters. The second kappa shape index (κ2) is 12.0. The van der Waals surface area contributed by atoms with Crippen molar-refractivity contribution in [3.8, 4) is 34.5 Å². The van der Waals surface area contributed by atoms with Gasteiger partial charge in [0.05, 0.1) is 12.5 Å². The van der Waals surface area contributed by atoms with Crippen LogP contribution < -0.4 is 10.5 Å². The Bertz CT molecular complexity index is 1640. The van der Waals surface area contributed by atoms with Crippen LogP contribution in [0.5, 0.6) is 11.5 Å². The molecule has 4 aromatic rings. The molecule has 1 aliphatic rings. The third-order valence-corrected chi connectivity index (χ3v) is 7.24. The van der Waals surface area contributed by atoms with Crippen LogP contribution in [0.4, 0.5) is 5.82 Å². The van der Waals surface area contributed by atoms with Gasteiger partial charge in [-0.25, -0.2) is 14.8 Å². The minimum absolute atomic E-state index is 0.0699. The van der Waals surface area contributed by atoms with Gasteiger partial charge < -0.3 is 24.7 Å². The average molecular weight is 550 g/mol. The monoisotopic (exact) mass is 549 g/mol. The SMILES string of the molecule is C=CC(=O)N1CCC(C#Cc2c(-c3ccc(Oc4ccccc4)cc3)c3c(N)ncnc3n2C(C)C(=O)OC)CC1. The summed E-state index contributed by atoms with van der Waals surface area (Å²) in [6.07, 6.45) is 4.19. The number of benzene rings is 2. The van der Waals surface area contributed by atoms with E-state index in [-0.39, 0.29) is 17.6 Å². The van der Waals surface area contributed by atoms with E-state index in [1.165, 1.54) is 19.5 Å². The number of nitrogens with two attached hydrogens (primary N) is 1. The van der Waals surface area contributed by atoms with Crippen molar-refractivity contribution in [2.45, 2.75) is 25.8 Å². The zero-order valence-electron chi connectivity index (χ0n) is 23.0. The number of anilines is 1. The van der Waals surface area contributed by atoms with Crippen LogP contribution in [0.15, 0.2) is 73.6 Å². The maximum Gasteiger partial charge on any atom is 0.328 e. The molecule has 9 heteroatoms. The number of amides is 1. The summed E-state index contributed by atoms with van der Waals surface area (Å²) in [5.41, 5.74) is 9.05. The van der Waals surface area contributed by atoms with Gasteiger partial charge in [0, 0.05) is 24.6 Å². The van der Waals surface area contributed by atoms with Crippen molar-refractivity contribution in [2.75, 3.05) is 25.9 Å². The Hall–Kier alpha value is -5.10. The molecule has 0 saturated carbocycles. The molecule has 5 rings (SSSR count). The average Bonchev–Trinajstić information content (AvgIpc) is 3.35. The number of carbonyl (C=O) groups excluding carboxylic acids is 2. The molecule has 1 saturated heterocycles. The summed E-state index contributed by atoms with van der Waals surface area (Å²) in [6.45, 7) is 6.55. The Morgan fingerprint density at radius 3 is 2.41 bits per heavy atom. The second-order valence-electron chi connectivity index (χ2n) is 9.76. The molecule has 41 heavy (non-hydrogen) atoms. The van der Waals surface area contributed by atoms with Gasteiger partial charge in [0.25, 0.3) is 0 Å². The fraction of sp³-hybridized carbons (Fsp3) is 0.250. The van der Waals surface area contributed by atoms with Gasteiger partial charge in [-0.1, -0.05) is 42.8 Å². The maximum absolute atomic E-state index is 12.8. The minimum atomic E-state index is -0.720. The minimum Gasteiger partial charge on any atom is -0.467 e. The van der Waals surface area contributed by atoms with E-state index in [0.717, 1.165) is 29.7 Å². The lowest BCUT2D eigenvalue weighted by Crippen LogP contribution is -2.37. The van der Waals surface area contributed by atoms with E-state index in [1.807, 2.05) is 54.6 Å². The van der Waals surface area contributed by atoms with Crippen molar-refractivity contribution >= 4 is 28.7 Å². The topological polar surface area (TPSA) is 113 Å². The number of methoxy groups -OCH3 is 1. The number of rotatable bonds is 6. The van der Waals surface area contributed by atoms with Crippen LogP contribution in [0, 0.1) is 17.8 Å². The Kier molecular flexibility index (Phi) is 8.01. The van der Waals surface area contributed by atoms with Gasteiger partial charge in [-0.15, -0.1) is 0 Å². The molecule has 208 valence electrons. The quantitative estimate of drug-likeness (QED) is 0.205. The molecule has 2 aromatic carbocycles. The number of para-hydroxylation sites is 1. The molecule has 2 N–H and O–H groups in total. The Morgan fingerprint density at radius 1 is 1.07 bits per heavy atom. The van der Waals surface area contributed by atoms with Crippen molar-refractivity contribution in [2.24, 2.45) is 5.92 Å². The standard InChI is InChI=1S/C32H31N5O4/c1-4-27(38)36-18-16-22(17-19-36)10-15-26-28(23-11-13-25(14-12-23)41-24-8-6-5-7-9-24)29-30(33)34-20-35-31(29)37(26)21(2)32(39)40-3/h4-9,11-14,20-22H,1,16-19H2,2-3H3,(H2,33,34,35). The molecule has 3 heterocycles. The van der Waals surface area contributed by atoms with Crippen molar-refractivity contribution in [1.29, 1.82) is 0 Å². The van der Waals surface area contributed by atoms with E-state index in [0.29, 0.717) is 35.6 Å². The number of ether oxygens (including phenoxy) is 2. The lowest BCUT2D eigenvalue weighted by molar-refractivity contribution is -0.143. The number of nitrogen functional groups attached to an aromatic ring is 1. The summed E-state index contributed by atoms with van der Waals surface area (Å²) < 4.78 is 12.8. The lowest BCUT2D eigenvalue weighted by atomic mass is 9.96. The van der Waals surface area contributed by atoms with E-state index in [2.05, 4.69) is 28.4 Å². The summed E-state index contributed by atoms with van der Waals surface area (Å²) in [4.78, 5) is 35.3. The fourth-order valence-corrected chi connectivity index (χ4v) is 5.07. The number of carbonyl (C=O) groups is 2. The molecule has 1 aliphatic heterocycles. The second-order valence-corrected chi connectivity index (χ2v) is 9.76. The van der Waals surface area contributed by atoms with E-state index >= 15 is 0 Å². The largest absolute Gasteiger partial charge is 0.467 e. The summed E-state index contributed by atoms with van der Waals surface area (Å²) in [6, 6.07) is 16.4. The third-order valence-electron chi connectivity index (χ3n) is 7.24. The van der Waals surface area contributed by atoms with Crippen LogP contribution in [0.3, 0.4) is 0 Å². The van der Waals surface area contributed by atoms with Crippen molar-refractivity contribution in [3.05, 3.63) is 79.3 Å². The van der Waals surface area contributed by atoms with Crippen LogP contribution >= 0.6 is 0 Å². The van der Waals surface area contributed by atoms with E-state index < -0.39 is 12.0 Å². The van der Waals surface area contributed by atoms with Gasteiger partial charge in [-0.3, -0.25) is 4.79 Å². The van der Waals surface area contributed by atoms with Crippen molar-refractivity contribution in [1.82, 2.24) is 19.4 Å². The number of fused-ring (bicyclic) bond motifs is 1. The molecular formula is C32H31N5O4. The summed E-state index contributed by atoms with van der Waals surface area (Å²) >= 11 is 0. The molecular weight excluding hydrogens is 518 g/mol. The highest BCUT2D eigenvalue weighted by atomic mass is 16.5. The van der Waals surface area contributed by atoms with Gasteiger partial charge in [0.2, 0.25) is 5.91 Å². The van der Waals surface area contributed by atoms with Crippen LogP contribution in [0.2, 0.25) is 0 Å². The predicted octanol–water partition coefficient (Wildman–Crippen LogP) is 4.98. The maximum atomic E-state index is 12.8. The zero-order valence-corrected chi connectivity index (χ0v) is 23.0. The molecule has 0 spiro atoms. The molecule has 1 fully saturated rings. The molecule has 0 bridgehead atoms. The van der Waals surface area contributed by atoms with E-state index in [1.54, 1.807) is 16.4 Å². The Morgan fingerprint density at radius 2 is 1.76 bits per heavy atom. The van der Waals surface area contributed by atoms with Gasteiger partial charge in [-0.05, 0) is 61.6 Å². The molecule has 9 nitrogen and oxygen atoms in total. The number of aromatic nitrogens is 3. The van der Waals surface area contributed by atoms with Crippen LogP contribution in [0.25, 0.3) is 22.2 Å². The normalized spacial score (nSPS) is 14.1. The molecule has 0 aliphatic carbocycles. The highest BCUT2D eigenvalue weighted by Crippen LogP contribution is 2.39. The molecule has 0 radical (unpaired) electrons. The Balaban J connectivity index is 1.60. The number of hydrogen-bond donors (Lipinski definition) is 1. The number of nitrogens with zero attached hydrogens (tertiary/aromatic N) is 4. The zero-order chi connectivity index (χ0) is 28.9. The van der Waals surface area contributed by atoms with Crippen LogP contribution in [0.1, 0.15) is 31.5 Å². The Labute approximate surface area is 238 Å². The first kappa shape index (κ1) is 27.5. The first-order valence-electron chi connectivity index (χ1n) is 13.4. The first-order valence-corrected chi connectivity index (χ1v) is 13.4. The number of hydrogen-bond acceptors (Lipinski definition) is 7.